The van der Waals surface area contributed by atoms with Gasteiger partial charge in [-0.3, -0.25) is 9.59 Å². The topological polar surface area (TPSA) is 89.5 Å². The molecule has 1 N–H and O–H groups in total. The molecule has 2 aromatic rings. The van der Waals surface area contributed by atoms with E-state index in [9.17, 15) is 18.0 Å². The Morgan fingerprint density at radius 1 is 0.963 bits per heavy atom. The Morgan fingerprint density at radius 3 is 2.26 bits per heavy atom. The summed E-state index contributed by atoms with van der Waals surface area (Å²) in [6.45, 7) is -0.555. The molecule has 0 spiro atoms. The third-order valence-corrected chi connectivity index (χ3v) is 6.04. The van der Waals surface area contributed by atoms with Gasteiger partial charge in [-0.2, -0.15) is 0 Å². The lowest BCUT2D eigenvalue weighted by Gasteiger charge is -2.08. The number of hydrogen-bond donors (Lipinski definition) is 1. The highest BCUT2D eigenvalue weighted by molar-refractivity contribution is 7.91. The zero-order valence-electron chi connectivity index (χ0n) is 13.7. The van der Waals surface area contributed by atoms with E-state index in [-0.39, 0.29) is 16.3 Å². The van der Waals surface area contributed by atoms with E-state index in [0.29, 0.717) is 15.7 Å². The van der Waals surface area contributed by atoms with Gasteiger partial charge in [-0.25, -0.2) is 8.42 Å². The normalized spacial score (nSPS) is 11.1. The number of nitrogens with one attached hydrogen (secondary N) is 1. The fraction of sp³-hybridized carbons (Fsp3) is 0.176. The van der Waals surface area contributed by atoms with Crippen LogP contribution in [0.4, 0.5) is 5.69 Å². The van der Waals surface area contributed by atoms with Crippen molar-refractivity contribution in [2.45, 2.75) is 11.3 Å². The van der Waals surface area contributed by atoms with E-state index < -0.39 is 34.1 Å². The van der Waals surface area contributed by atoms with E-state index in [1.54, 1.807) is 0 Å². The highest BCUT2D eigenvalue weighted by Gasteiger charge is 2.17. The van der Waals surface area contributed by atoms with Crippen LogP contribution in [0.15, 0.2) is 47.4 Å². The summed E-state index contributed by atoms with van der Waals surface area (Å²) in [6.07, 6.45) is -0.384. The molecule has 0 saturated carbocycles. The first-order valence-electron chi connectivity index (χ1n) is 7.56. The van der Waals surface area contributed by atoms with Crippen LogP contribution in [0.3, 0.4) is 0 Å². The molecule has 2 aromatic carbocycles. The van der Waals surface area contributed by atoms with Crippen LogP contribution in [-0.2, 0) is 24.2 Å². The fourth-order valence-electron chi connectivity index (χ4n) is 1.97. The summed E-state index contributed by atoms with van der Waals surface area (Å²) in [4.78, 5) is 23.5. The first-order valence-corrected chi connectivity index (χ1v) is 10.3. The summed E-state index contributed by atoms with van der Waals surface area (Å²) in [7, 11) is -3.66. The van der Waals surface area contributed by atoms with Gasteiger partial charge in [0.2, 0.25) is 0 Å². The van der Waals surface area contributed by atoms with Gasteiger partial charge in [0, 0.05) is 10.7 Å². The lowest BCUT2D eigenvalue weighted by Crippen LogP contribution is -2.22. The van der Waals surface area contributed by atoms with Gasteiger partial charge in [-0.1, -0.05) is 34.8 Å². The molecule has 0 unspecified atom stereocenters. The van der Waals surface area contributed by atoms with Gasteiger partial charge in [0.15, 0.2) is 16.4 Å². The van der Waals surface area contributed by atoms with Crippen molar-refractivity contribution in [2.24, 2.45) is 0 Å². The third-order valence-electron chi connectivity index (χ3n) is 3.32. The Kier molecular flexibility index (Phi) is 7.49. The minimum atomic E-state index is -3.66. The number of anilines is 1. The average Bonchev–Trinajstić information content (AvgIpc) is 2.62. The first kappa shape index (κ1) is 21.5. The molecule has 27 heavy (non-hydrogen) atoms. The molecule has 0 aliphatic rings. The Balaban J connectivity index is 1.80. The van der Waals surface area contributed by atoms with Gasteiger partial charge in [-0.05, 0) is 42.5 Å². The summed E-state index contributed by atoms with van der Waals surface area (Å²) in [6, 6.07) is 10.1. The van der Waals surface area contributed by atoms with Gasteiger partial charge in [0.1, 0.15) is 0 Å². The molecule has 1 amide bonds. The molecule has 0 fully saturated rings. The molecule has 10 heteroatoms. The monoisotopic (exact) mass is 449 g/mol. The van der Waals surface area contributed by atoms with Crippen molar-refractivity contribution >= 4 is 62.2 Å². The second-order valence-electron chi connectivity index (χ2n) is 5.36. The smallest absolute Gasteiger partial charge is 0.307 e. The predicted molar refractivity (Wildman–Crippen MR) is 104 cm³/mol. The van der Waals surface area contributed by atoms with Crippen molar-refractivity contribution in [3.63, 3.8) is 0 Å². The maximum Gasteiger partial charge on any atom is 0.307 e. The molecule has 0 aliphatic carbocycles. The zero-order valence-corrected chi connectivity index (χ0v) is 16.8. The molecule has 6 nitrogen and oxygen atoms in total. The molecular weight excluding hydrogens is 437 g/mol. The molecule has 2 rings (SSSR count). The number of esters is 1. The Bertz CT molecular complexity index is 946. The molecule has 144 valence electrons. The number of rotatable bonds is 7. The largest absolute Gasteiger partial charge is 0.456 e. The number of carbonyl (C=O) groups is 2. The van der Waals surface area contributed by atoms with Crippen molar-refractivity contribution in [3.8, 4) is 0 Å². The van der Waals surface area contributed by atoms with Crippen molar-refractivity contribution in [1.82, 2.24) is 0 Å². The molecule has 0 heterocycles. The second-order valence-corrected chi connectivity index (χ2v) is 8.72. The van der Waals surface area contributed by atoms with Gasteiger partial charge in [-0.15, -0.1) is 0 Å². The van der Waals surface area contributed by atoms with Crippen molar-refractivity contribution in [1.29, 1.82) is 0 Å². The van der Waals surface area contributed by atoms with Crippen LogP contribution < -0.4 is 5.32 Å². The van der Waals surface area contributed by atoms with Crippen LogP contribution in [0.2, 0.25) is 15.1 Å². The van der Waals surface area contributed by atoms with Crippen molar-refractivity contribution in [2.75, 3.05) is 17.7 Å². The standard InChI is InChI=1S/C17H14Cl3NO5S/c18-11-1-4-13(5-2-11)27(24,25)8-7-17(23)26-10-16(22)21-12-3-6-14(19)15(20)9-12/h1-6,9H,7-8,10H2,(H,21,22). The maximum atomic E-state index is 12.1. The molecule has 0 atom stereocenters. The van der Waals surface area contributed by atoms with Gasteiger partial charge in [0.05, 0.1) is 27.1 Å². The molecule has 0 aromatic heterocycles. The summed E-state index contributed by atoms with van der Waals surface area (Å²) < 4.78 is 29.1. The van der Waals surface area contributed by atoms with E-state index in [2.05, 4.69) is 5.32 Å². The van der Waals surface area contributed by atoms with E-state index in [1.807, 2.05) is 0 Å². The number of ether oxygens (including phenoxy) is 1. The minimum absolute atomic E-state index is 0.0528. The van der Waals surface area contributed by atoms with Crippen LogP contribution in [0.25, 0.3) is 0 Å². The number of amides is 1. The van der Waals surface area contributed by atoms with E-state index in [1.165, 1.54) is 42.5 Å². The summed E-state index contributed by atoms with van der Waals surface area (Å²) >= 11 is 17.3. The first-order chi connectivity index (χ1) is 12.7. The van der Waals surface area contributed by atoms with Gasteiger partial charge in [0.25, 0.3) is 5.91 Å². The lowest BCUT2D eigenvalue weighted by molar-refractivity contribution is -0.146. The summed E-state index contributed by atoms with van der Waals surface area (Å²) in [5, 5.41) is 3.48. The zero-order chi connectivity index (χ0) is 20.0. The molecular formula is C17H14Cl3NO5S. The van der Waals surface area contributed by atoms with Gasteiger partial charge < -0.3 is 10.1 Å². The third kappa shape index (κ3) is 6.70. The fourth-order valence-corrected chi connectivity index (χ4v) is 3.61. The summed E-state index contributed by atoms with van der Waals surface area (Å²) in [5.41, 5.74) is 0.385. The van der Waals surface area contributed by atoms with Crippen molar-refractivity contribution in [3.05, 3.63) is 57.5 Å². The quantitative estimate of drug-likeness (QED) is 0.644. The maximum absolute atomic E-state index is 12.1. The SMILES string of the molecule is O=C(COC(=O)CCS(=O)(=O)c1ccc(Cl)cc1)Nc1ccc(Cl)c(Cl)c1. The Hall–Kier alpha value is -1.80. The van der Waals surface area contributed by atoms with E-state index >= 15 is 0 Å². The number of sulfone groups is 1. The van der Waals surface area contributed by atoms with Crippen LogP contribution in [0.1, 0.15) is 6.42 Å². The van der Waals surface area contributed by atoms with E-state index in [4.69, 9.17) is 39.5 Å². The lowest BCUT2D eigenvalue weighted by atomic mass is 10.3. The number of carbonyl (C=O) groups excluding carboxylic acids is 2. The highest BCUT2D eigenvalue weighted by Crippen LogP contribution is 2.25. The summed E-state index contributed by atoms with van der Waals surface area (Å²) in [5.74, 6) is -1.85. The number of halogens is 3. The molecule has 0 saturated heterocycles. The molecule has 0 aliphatic heterocycles. The van der Waals surface area contributed by atoms with Crippen molar-refractivity contribution < 1.29 is 22.7 Å². The second kappa shape index (κ2) is 9.41. The highest BCUT2D eigenvalue weighted by atomic mass is 35.5. The van der Waals surface area contributed by atoms with Crippen LogP contribution in [-0.4, -0.2) is 32.7 Å². The van der Waals surface area contributed by atoms with Gasteiger partial charge >= 0.3 is 5.97 Å². The van der Waals surface area contributed by atoms with Crippen LogP contribution >= 0.6 is 34.8 Å². The van der Waals surface area contributed by atoms with Crippen LogP contribution in [0.5, 0.6) is 0 Å². The Labute approximate surface area is 171 Å². The Morgan fingerprint density at radius 2 is 1.63 bits per heavy atom. The number of benzene rings is 2. The predicted octanol–water partition coefficient (Wildman–Crippen LogP) is 3.99. The average molecular weight is 451 g/mol. The van der Waals surface area contributed by atoms with Crippen LogP contribution in [0, 0.1) is 0 Å². The molecule has 0 radical (unpaired) electrons. The molecule has 0 bridgehead atoms. The van der Waals surface area contributed by atoms with E-state index in [0.717, 1.165) is 0 Å². The number of hydrogen-bond acceptors (Lipinski definition) is 5. The minimum Gasteiger partial charge on any atom is -0.456 e.